The fourth-order valence-corrected chi connectivity index (χ4v) is 2.69. The van der Waals surface area contributed by atoms with Crippen LogP contribution in [0.5, 0.6) is 0 Å². The summed E-state index contributed by atoms with van der Waals surface area (Å²) in [5.74, 6) is 2.14. The molecule has 0 aliphatic heterocycles. The average Bonchev–Trinajstić information content (AvgIpc) is 2.15. The fraction of sp³-hybridized carbons (Fsp3) is 1.00. The Hall–Kier alpha value is 0.580. The van der Waals surface area contributed by atoms with Gasteiger partial charge in [-0.1, -0.05) is 33.6 Å². The normalized spacial score (nSPS) is 14.5. The van der Waals surface area contributed by atoms with Gasteiger partial charge in [0.05, 0.1) is 0 Å². The summed E-state index contributed by atoms with van der Waals surface area (Å²) in [4.78, 5) is 0. The Morgan fingerprint density at radius 3 is 2.00 bits per heavy atom. The van der Waals surface area contributed by atoms with Crippen LogP contribution in [-0.4, -0.2) is 11.8 Å². The maximum absolute atomic E-state index is 5.98. The lowest BCUT2D eigenvalue weighted by atomic mass is 9.79. The summed E-state index contributed by atoms with van der Waals surface area (Å²) in [5.41, 5.74) is 0.178. The molecule has 0 saturated heterocycles. The molecule has 0 spiro atoms. The van der Waals surface area contributed by atoms with E-state index in [-0.39, 0.29) is 5.41 Å². The molecule has 1 atom stereocenters. The Morgan fingerprint density at radius 2 is 1.69 bits per heavy atom. The van der Waals surface area contributed by atoms with Gasteiger partial charge in [-0.2, -0.15) is 0 Å². The largest absolute Gasteiger partial charge is 0.126 e. The third-order valence-electron chi connectivity index (χ3n) is 2.88. The van der Waals surface area contributed by atoms with Crippen LogP contribution in [0.2, 0.25) is 0 Å². The molecule has 0 bridgehead atoms. The Kier molecular flexibility index (Phi) is 7.26. The Balaban J connectivity index is 4.07. The summed E-state index contributed by atoms with van der Waals surface area (Å²) < 4.78 is 0. The van der Waals surface area contributed by atoms with Gasteiger partial charge in [-0.15, -0.1) is 23.2 Å². The van der Waals surface area contributed by atoms with Gasteiger partial charge < -0.3 is 0 Å². The van der Waals surface area contributed by atoms with E-state index in [1.807, 2.05) is 0 Å². The van der Waals surface area contributed by atoms with Crippen LogP contribution in [-0.2, 0) is 0 Å². The van der Waals surface area contributed by atoms with E-state index < -0.39 is 0 Å². The standard InChI is InChI=1S/C11H22Cl2/c1-4-6-10(3)7-11(5-2,8-12)9-13/h10H,4-9H2,1-3H3. The predicted molar refractivity (Wildman–Crippen MR) is 62.9 cm³/mol. The summed E-state index contributed by atoms with van der Waals surface area (Å²) in [5, 5.41) is 0. The van der Waals surface area contributed by atoms with E-state index >= 15 is 0 Å². The van der Waals surface area contributed by atoms with Gasteiger partial charge in [0.1, 0.15) is 0 Å². The monoisotopic (exact) mass is 224 g/mol. The molecule has 1 unspecified atom stereocenters. The summed E-state index contributed by atoms with van der Waals surface area (Å²) >= 11 is 12.0. The van der Waals surface area contributed by atoms with Crippen LogP contribution in [0.25, 0.3) is 0 Å². The van der Waals surface area contributed by atoms with Crippen LogP contribution in [0, 0.1) is 11.3 Å². The molecule has 0 saturated carbocycles. The molecule has 0 nitrogen and oxygen atoms in total. The molecule has 0 aromatic carbocycles. The lowest BCUT2D eigenvalue weighted by Gasteiger charge is -2.31. The van der Waals surface area contributed by atoms with Crippen molar-refractivity contribution in [3.63, 3.8) is 0 Å². The minimum atomic E-state index is 0.178. The van der Waals surface area contributed by atoms with Crippen molar-refractivity contribution in [3.05, 3.63) is 0 Å². The third kappa shape index (κ3) is 4.56. The molecule has 0 rings (SSSR count). The topological polar surface area (TPSA) is 0 Å². The number of halogens is 2. The van der Waals surface area contributed by atoms with Gasteiger partial charge in [0.15, 0.2) is 0 Å². The van der Waals surface area contributed by atoms with Crippen LogP contribution < -0.4 is 0 Å². The van der Waals surface area contributed by atoms with E-state index in [1.54, 1.807) is 0 Å². The number of alkyl halides is 2. The van der Waals surface area contributed by atoms with E-state index in [0.717, 1.165) is 12.3 Å². The van der Waals surface area contributed by atoms with E-state index in [9.17, 15) is 0 Å². The van der Waals surface area contributed by atoms with Crippen LogP contribution in [0.3, 0.4) is 0 Å². The second kappa shape index (κ2) is 6.95. The Labute approximate surface area is 93.0 Å². The fourth-order valence-electron chi connectivity index (χ4n) is 1.81. The first-order valence-corrected chi connectivity index (χ1v) is 6.33. The molecule has 0 aromatic heterocycles. The molecule has 0 N–H and O–H groups in total. The van der Waals surface area contributed by atoms with E-state index in [1.165, 1.54) is 19.3 Å². The molecule has 0 fully saturated rings. The number of hydrogen-bond donors (Lipinski definition) is 0. The highest BCUT2D eigenvalue weighted by Crippen LogP contribution is 2.34. The minimum Gasteiger partial charge on any atom is -0.126 e. The average molecular weight is 225 g/mol. The highest BCUT2D eigenvalue weighted by Gasteiger charge is 2.27. The number of hydrogen-bond acceptors (Lipinski definition) is 0. The highest BCUT2D eigenvalue weighted by atomic mass is 35.5. The maximum atomic E-state index is 5.98. The van der Waals surface area contributed by atoms with Crippen LogP contribution in [0.1, 0.15) is 46.5 Å². The Morgan fingerprint density at radius 1 is 1.15 bits per heavy atom. The SMILES string of the molecule is CCCC(C)CC(CC)(CCl)CCl. The minimum absolute atomic E-state index is 0.178. The first kappa shape index (κ1) is 13.6. The molecule has 0 heterocycles. The van der Waals surface area contributed by atoms with Crippen molar-refractivity contribution in [1.82, 2.24) is 0 Å². The van der Waals surface area contributed by atoms with Gasteiger partial charge in [0, 0.05) is 11.8 Å². The van der Waals surface area contributed by atoms with Gasteiger partial charge >= 0.3 is 0 Å². The lowest BCUT2D eigenvalue weighted by molar-refractivity contribution is 0.267. The van der Waals surface area contributed by atoms with Crippen molar-refractivity contribution in [3.8, 4) is 0 Å². The van der Waals surface area contributed by atoms with Gasteiger partial charge in [-0.25, -0.2) is 0 Å². The van der Waals surface area contributed by atoms with Gasteiger partial charge in [-0.3, -0.25) is 0 Å². The zero-order valence-corrected chi connectivity index (χ0v) is 10.6. The third-order valence-corrected chi connectivity index (χ3v) is 4.01. The quantitative estimate of drug-likeness (QED) is 0.551. The molecule has 2 heteroatoms. The Bertz CT molecular complexity index is 111. The first-order valence-electron chi connectivity index (χ1n) is 5.26. The molecular formula is C11H22Cl2. The van der Waals surface area contributed by atoms with Gasteiger partial charge in [-0.05, 0) is 24.2 Å². The van der Waals surface area contributed by atoms with Gasteiger partial charge in [0.2, 0.25) is 0 Å². The molecule has 0 radical (unpaired) electrons. The van der Waals surface area contributed by atoms with Crippen molar-refractivity contribution >= 4 is 23.2 Å². The van der Waals surface area contributed by atoms with Crippen molar-refractivity contribution in [1.29, 1.82) is 0 Å². The second-order valence-electron chi connectivity index (χ2n) is 4.22. The zero-order valence-electron chi connectivity index (χ0n) is 9.08. The summed E-state index contributed by atoms with van der Waals surface area (Å²) in [6.07, 6.45) is 4.81. The number of rotatable bonds is 7. The smallest absolute Gasteiger partial charge is 0.0291 e. The first-order chi connectivity index (χ1) is 6.14. The van der Waals surface area contributed by atoms with Crippen LogP contribution >= 0.6 is 23.2 Å². The lowest BCUT2D eigenvalue weighted by Crippen LogP contribution is -2.26. The molecule has 0 aliphatic carbocycles. The maximum Gasteiger partial charge on any atom is 0.0291 e. The summed E-state index contributed by atoms with van der Waals surface area (Å²) in [6.45, 7) is 6.71. The van der Waals surface area contributed by atoms with Crippen LogP contribution in [0.15, 0.2) is 0 Å². The van der Waals surface area contributed by atoms with Crippen molar-refractivity contribution < 1.29 is 0 Å². The van der Waals surface area contributed by atoms with Crippen molar-refractivity contribution in [2.24, 2.45) is 11.3 Å². The molecule has 0 aliphatic rings. The van der Waals surface area contributed by atoms with E-state index in [4.69, 9.17) is 23.2 Å². The van der Waals surface area contributed by atoms with Crippen molar-refractivity contribution in [2.45, 2.75) is 46.5 Å². The van der Waals surface area contributed by atoms with Crippen molar-refractivity contribution in [2.75, 3.05) is 11.8 Å². The molecular weight excluding hydrogens is 203 g/mol. The summed E-state index contributed by atoms with van der Waals surface area (Å²) in [6, 6.07) is 0. The van der Waals surface area contributed by atoms with E-state index in [2.05, 4.69) is 20.8 Å². The van der Waals surface area contributed by atoms with Gasteiger partial charge in [0.25, 0.3) is 0 Å². The van der Waals surface area contributed by atoms with E-state index in [0.29, 0.717) is 11.8 Å². The predicted octanol–water partition coefficient (Wildman–Crippen LogP) is 4.69. The molecule has 13 heavy (non-hydrogen) atoms. The van der Waals surface area contributed by atoms with Crippen LogP contribution in [0.4, 0.5) is 0 Å². The molecule has 0 aromatic rings. The summed E-state index contributed by atoms with van der Waals surface area (Å²) in [7, 11) is 0. The second-order valence-corrected chi connectivity index (χ2v) is 4.75. The molecule has 0 amide bonds. The highest BCUT2D eigenvalue weighted by molar-refractivity contribution is 6.21. The zero-order chi connectivity index (χ0) is 10.3. The molecule has 80 valence electrons.